The summed E-state index contributed by atoms with van der Waals surface area (Å²) in [7, 11) is 3.02. The van der Waals surface area contributed by atoms with E-state index in [1.165, 1.54) is 7.05 Å². The minimum Gasteiger partial charge on any atom is -0.490 e. The van der Waals surface area contributed by atoms with Crippen LogP contribution in [0.25, 0.3) is 11.1 Å². The van der Waals surface area contributed by atoms with Crippen molar-refractivity contribution in [2.45, 2.75) is 39.3 Å². The van der Waals surface area contributed by atoms with E-state index in [4.69, 9.17) is 19.9 Å². The molecule has 162 valence electrons. The summed E-state index contributed by atoms with van der Waals surface area (Å²) in [5, 5.41) is 9.25. The molecule has 1 atom stereocenters. The lowest BCUT2D eigenvalue weighted by Gasteiger charge is -2.28. The minimum absolute atomic E-state index is 0.300. The Kier molecular flexibility index (Phi) is 6.07. The highest BCUT2D eigenvalue weighted by atomic mass is 16.5. The molecule has 8 nitrogen and oxygen atoms in total. The van der Waals surface area contributed by atoms with Crippen molar-refractivity contribution >= 4 is 11.9 Å². The molecule has 2 heterocycles. The van der Waals surface area contributed by atoms with Crippen molar-refractivity contribution in [3.63, 3.8) is 0 Å². The van der Waals surface area contributed by atoms with Gasteiger partial charge in [-0.1, -0.05) is 13.8 Å². The monoisotopic (exact) mass is 415 g/mol. The summed E-state index contributed by atoms with van der Waals surface area (Å²) in [5.74, 6) is 2.39. The van der Waals surface area contributed by atoms with Crippen molar-refractivity contribution in [3.8, 4) is 28.4 Å². The maximum absolute atomic E-state index is 11.3. The predicted octanol–water partition coefficient (Wildman–Crippen LogP) is 3.91. The Morgan fingerprint density at radius 2 is 2.13 bits per heavy atom. The van der Waals surface area contributed by atoms with Gasteiger partial charge in [-0.05, 0) is 43.0 Å². The second-order valence-corrected chi connectivity index (χ2v) is 8.34. The van der Waals surface area contributed by atoms with Gasteiger partial charge in [0.05, 0.1) is 7.11 Å². The van der Waals surface area contributed by atoms with E-state index >= 15 is 0 Å². The third kappa shape index (κ3) is 4.43. The smallest absolute Gasteiger partial charge is 0.412 e. The van der Waals surface area contributed by atoms with E-state index in [1.54, 1.807) is 19.4 Å². The van der Waals surface area contributed by atoms with E-state index in [0.717, 1.165) is 28.0 Å². The van der Waals surface area contributed by atoms with Gasteiger partial charge in [-0.25, -0.2) is 9.78 Å². The first-order valence-corrected chi connectivity index (χ1v) is 9.84. The number of pyridine rings is 1. The molecule has 1 unspecified atom stereocenters. The van der Waals surface area contributed by atoms with Crippen LogP contribution >= 0.6 is 0 Å². The standard InChI is InChI=1S/C22H29N3O5/c1-13(2)9-22(3,23)12-30-17-7-6-15-16-8-18(25(4)21(26)27)24-10-14(16)11-29-19(15)20(17)28-5/h6-8,10,13H,9,11-12,23H2,1-5H3,(H,26,27). The fourth-order valence-corrected chi connectivity index (χ4v) is 3.71. The number of methoxy groups -OCH3 is 1. The zero-order chi connectivity index (χ0) is 22.1. The van der Waals surface area contributed by atoms with Crippen LogP contribution in [0, 0.1) is 5.92 Å². The summed E-state index contributed by atoms with van der Waals surface area (Å²) in [5.41, 5.74) is 8.41. The van der Waals surface area contributed by atoms with Crippen LogP contribution in [0.2, 0.25) is 0 Å². The van der Waals surface area contributed by atoms with Gasteiger partial charge in [0, 0.05) is 29.9 Å². The molecule has 0 saturated heterocycles. The van der Waals surface area contributed by atoms with Crippen LogP contribution in [0.15, 0.2) is 24.4 Å². The Balaban J connectivity index is 1.95. The molecular weight excluding hydrogens is 386 g/mol. The molecule has 3 rings (SSSR count). The Labute approximate surface area is 176 Å². The molecule has 0 bridgehead atoms. The number of rotatable bonds is 7. The fraction of sp³-hybridized carbons (Fsp3) is 0.455. The molecule has 0 saturated carbocycles. The zero-order valence-corrected chi connectivity index (χ0v) is 18.1. The van der Waals surface area contributed by atoms with E-state index in [9.17, 15) is 9.90 Å². The number of nitrogens with two attached hydrogens (primary N) is 1. The summed E-state index contributed by atoms with van der Waals surface area (Å²) in [6, 6.07) is 5.44. The predicted molar refractivity (Wildman–Crippen MR) is 115 cm³/mol. The average molecular weight is 415 g/mol. The second kappa shape index (κ2) is 8.39. The lowest BCUT2D eigenvalue weighted by molar-refractivity contribution is 0.196. The number of hydrogen-bond donors (Lipinski definition) is 2. The number of ether oxygens (including phenoxy) is 3. The van der Waals surface area contributed by atoms with E-state index in [0.29, 0.717) is 42.2 Å². The van der Waals surface area contributed by atoms with E-state index in [-0.39, 0.29) is 0 Å². The van der Waals surface area contributed by atoms with Crippen LogP contribution in [0.1, 0.15) is 32.8 Å². The first kappa shape index (κ1) is 21.7. The Morgan fingerprint density at radius 3 is 2.77 bits per heavy atom. The topological polar surface area (TPSA) is 107 Å². The molecule has 0 fully saturated rings. The number of fused-ring (bicyclic) bond motifs is 3. The Bertz CT molecular complexity index is 943. The maximum atomic E-state index is 11.3. The van der Waals surface area contributed by atoms with Crippen LogP contribution in [-0.4, -0.2) is 42.5 Å². The van der Waals surface area contributed by atoms with E-state index in [1.807, 2.05) is 19.1 Å². The van der Waals surface area contributed by atoms with Gasteiger partial charge in [-0.2, -0.15) is 0 Å². The van der Waals surface area contributed by atoms with Crippen LogP contribution < -0.4 is 24.8 Å². The largest absolute Gasteiger partial charge is 0.490 e. The van der Waals surface area contributed by atoms with Crippen molar-refractivity contribution < 1.29 is 24.1 Å². The zero-order valence-electron chi connectivity index (χ0n) is 18.1. The summed E-state index contributed by atoms with van der Waals surface area (Å²) in [6.07, 6.45) is 1.38. The second-order valence-electron chi connectivity index (χ2n) is 8.34. The lowest BCUT2D eigenvalue weighted by atomic mass is 9.93. The highest BCUT2D eigenvalue weighted by Gasteiger charge is 2.27. The lowest BCUT2D eigenvalue weighted by Crippen LogP contribution is -2.43. The van der Waals surface area contributed by atoms with Gasteiger partial charge >= 0.3 is 6.09 Å². The van der Waals surface area contributed by atoms with Crippen LogP contribution in [0.3, 0.4) is 0 Å². The molecular formula is C22H29N3O5. The van der Waals surface area contributed by atoms with Crippen molar-refractivity contribution in [1.82, 2.24) is 4.98 Å². The quantitative estimate of drug-likeness (QED) is 0.706. The normalized spacial score (nSPS) is 14.2. The fourth-order valence-electron chi connectivity index (χ4n) is 3.71. The van der Waals surface area contributed by atoms with Gasteiger partial charge in [0.15, 0.2) is 11.5 Å². The molecule has 0 aliphatic carbocycles. The molecule has 1 aliphatic rings. The number of nitrogens with zero attached hydrogens (tertiary/aromatic N) is 2. The van der Waals surface area contributed by atoms with Crippen molar-refractivity contribution in [2.75, 3.05) is 25.7 Å². The minimum atomic E-state index is -1.08. The highest BCUT2D eigenvalue weighted by molar-refractivity contribution is 5.87. The van der Waals surface area contributed by atoms with Crippen LogP contribution in [-0.2, 0) is 6.61 Å². The summed E-state index contributed by atoms with van der Waals surface area (Å²) < 4.78 is 17.6. The van der Waals surface area contributed by atoms with Gasteiger partial charge in [0.25, 0.3) is 0 Å². The molecule has 2 aromatic rings. The molecule has 1 amide bonds. The number of benzene rings is 1. The molecule has 1 aromatic heterocycles. The Hall–Kier alpha value is -3.00. The molecule has 3 N–H and O–H groups in total. The summed E-state index contributed by atoms with van der Waals surface area (Å²) in [6.45, 7) is 6.86. The molecule has 30 heavy (non-hydrogen) atoms. The van der Waals surface area contributed by atoms with Crippen LogP contribution in [0.4, 0.5) is 10.6 Å². The van der Waals surface area contributed by atoms with Crippen LogP contribution in [0.5, 0.6) is 17.2 Å². The Morgan fingerprint density at radius 1 is 1.40 bits per heavy atom. The van der Waals surface area contributed by atoms with Crippen molar-refractivity contribution in [2.24, 2.45) is 11.7 Å². The molecule has 1 aromatic carbocycles. The summed E-state index contributed by atoms with van der Waals surface area (Å²) in [4.78, 5) is 16.6. The van der Waals surface area contributed by atoms with E-state index in [2.05, 4.69) is 18.8 Å². The molecule has 0 spiro atoms. The number of amides is 1. The first-order valence-electron chi connectivity index (χ1n) is 9.84. The summed E-state index contributed by atoms with van der Waals surface area (Å²) >= 11 is 0. The van der Waals surface area contributed by atoms with Crippen molar-refractivity contribution in [1.29, 1.82) is 0 Å². The molecule has 1 aliphatic heterocycles. The molecule has 8 heteroatoms. The van der Waals surface area contributed by atoms with E-state index < -0.39 is 11.6 Å². The van der Waals surface area contributed by atoms with Gasteiger partial charge < -0.3 is 25.1 Å². The maximum Gasteiger partial charge on any atom is 0.412 e. The van der Waals surface area contributed by atoms with Gasteiger partial charge in [-0.15, -0.1) is 0 Å². The number of carboxylic acid groups (broad SMARTS) is 1. The SMILES string of the molecule is COc1c(OCC(C)(N)CC(C)C)ccc2c1OCc1cnc(N(C)C(=O)O)cc1-2. The number of hydrogen-bond acceptors (Lipinski definition) is 6. The highest BCUT2D eigenvalue weighted by Crippen LogP contribution is 2.48. The number of carbonyl (C=O) groups is 1. The average Bonchev–Trinajstić information content (AvgIpc) is 2.69. The third-order valence-corrected chi connectivity index (χ3v) is 4.98. The number of anilines is 1. The van der Waals surface area contributed by atoms with Gasteiger partial charge in [0.2, 0.25) is 5.75 Å². The third-order valence-electron chi connectivity index (χ3n) is 4.98. The van der Waals surface area contributed by atoms with Crippen molar-refractivity contribution in [3.05, 3.63) is 30.0 Å². The van der Waals surface area contributed by atoms with Gasteiger partial charge in [0.1, 0.15) is 19.0 Å². The molecule has 0 radical (unpaired) electrons. The number of aromatic nitrogens is 1. The van der Waals surface area contributed by atoms with Gasteiger partial charge in [-0.3, -0.25) is 4.90 Å². The first-order chi connectivity index (χ1) is 14.1.